The molecule has 19 heavy (non-hydrogen) atoms. The zero-order valence-corrected chi connectivity index (χ0v) is 12.3. The maximum Gasteiger partial charge on any atom is 0.309 e. The summed E-state index contributed by atoms with van der Waals surface area (Å²) in [5, 5.41) is 0.857. The van der Waals surface area contributed by atoms with Crippen molar-refractivity contribution in [3.05, 3.63) is 59.7 Å². The Kier molecular flexibility index (Phi) is 4.74. The standard InChI is InChI=1S/C16H15BrO2/c1-19-16(18)10-13-3-2-4-15(9-13)14-7-5-12(11-17)6-8-14/h2-9H,10-11H2,1H3. The fourth-order valence-electron chi connectivity index (χ4n) is 1.89. The lowest BCUT2D eigenvalue weighted by molar-refractivity contribution is -0.139. The van der Waals surface area contributed by atoms with E-state index in [1.54, 1.807) is 0 Å². The van der Waals surface area contributed by atoms with E-state index in [0.29, 0.717) is 6.42 Å². The van der Waals surface area contributed by atoms with Crippen LogP contribution in [0.2, 0.25) is 0 Å². The summed E-state index contributed by atoms with van der Waals surface area (Å²) < 4.78 is 4.69. The second kappa shape index (κ2) is 6.53. The molecule has 2 aromatic rings. The van der Waals surface area contributed by atoms with Gasteiger partial charge in [-0.15, -0.1) is 0 Å². The lowest BCUT2D eigenvalue weighted by Gasteiger charge is -2.06. The molecule has 2 rings (SSSR count). The van der Waals surface area contributed by atoms with E-state index in [1.807, 2.05) is 24.3 Å². The van der Waals surface area contributed by atoms with Gasteiger partial charge in [0.25, 0.3) is 0 Å². The van der Waals surface area contributed by atoms with Gasteiger partial charge in [0.1, 0.15) is 0 Å². The summed E-state index contributed by atoms with van der Waals surface area (Å²) in [6, 6.07) is 16.3. The smallest absolute Gasteiger partial charge is 0.309 e. The van der Waals surface area contributed by atoms with Crippen molar-refractivity contribution < 1.29 is 9.53 Å². The number of halogens is 1. The average Bonchev–Trinajstić information content (AvgIpc) is 2.47. The van der Waals surface area contributed by atoms with Crippen LogP contribution in [0.25, 0.3) is 11.1 Å². The predicted octanol–water partition coefficient (Wildman–Crippen LogP) is 3.96. The first kappa shape index (κ1) is 13.8. The predicted molar refractivity (Wildman–Crippen MR) is 80.2 cm³/mol. The van der Waals surface area contributed by atoms with Crippen LogP contribution in [0.3, 0.4) is 0 Å². The summed E-state index contributed by atoms with van der Waals surface area (Å²) in [7, 11) is 1.41. The van der Waals surface area contributed by atoms with E-state index in [2.05, 4.69) is 44.9 Å². The summed E-state index contributed by atoms with van der Waals surface area (Å²) >= 11 is 3.43. The fourth-order valence-corrected chi connectivity index (χ4v) is 2.26. The summed E-state index contributed by atoms with van der Waals surface area (Å²) in [6.07, 6.45) is 0.309. The molecular formula is C16H15BrO2. The molecule has 0 aliphatic rings. The molecule has 0 amide bonds. The molecule has 0 bridgehead atoms. The highest BCUT2D eigenvalue weighted by Gasteiger charge is 2.04. The van der Waals surface area contributed by atoms with E-state index in [1.165, 1.54) is 12.7 Å². The number of esters is 1. The van der Waals surface area contributed by atoms with Crippen LogP contribution in [0, 0.1) is 0 Å². The van der Waals surface area contributed by atoms with E-state index in [9.17, 15) is 4.79 Å². The van der Waals surface area contributed by atoms with Gasteiger partial charge in [0, 0.05) is 5.33 Å². The third kappa shape index (κ3) is 3.67. The van der Waals surface area contributed by atoms with Crippen molar-refractivity contribution in [3.63, 3.8) is 0 Å². The Morgan fingerprint density at radius 2 is 1.79 bits per heavy atom. The van der Waals surface area contributed by atoms with Crippen LogP contribution in [0.1, 0.15) is 11.1 Å². The Morgan fingerprint density at radius 1 is 1.05 bits per heavy atom. The van der Waals surface area contributed by atoms with Crippen LogP contribution in [-0.4, -0.2) is 13.1 Å². The molecule has 0 heterocycles. The SMILES string of the molecule is COC(=O)Cc1cccc(-c2ccc(CBr)cc2)c1. The summed E-state index contributed by atoms with van der Waals surface area (Å²) in [6.45, 7) is 0. The van der Waals surface area contributed by atoms with Crippen LogP contribution in [0.5, 0.6) is 0 Å². The van der Waals surface area contributed by atoms with E-state index >= 15 is 0 Å². The van der Waals surface area contributed by atoms with Gasteiger partial charge >= 0.3 is 5.97 Å². The van der Waals surface area contributed by atoms with Crippen molar-refractivity contribution in [1.82, 2.24) is 0 Å². The first-order valence-corrected chi connectivity index (χ1v) is 7.16. The Morgan fingerprint density at radius 3 is 2.42 bits per heavy atom. The number of hydrogen-bond donors (Lipinski definition) is 0. The van der Waals surface area contributed by atoms with Crippen LogP contribution in [0.15, 0.2) is 48.5 Å². The van der Waals surface area contributed by atoms with Gasteiger partial charge in [-0.2, -0.15) is 0 Å². The molecular weight excluding hydrogens is 304 g/mol. The molecule has 0 radical (unpaired) electrons. The maximum absolute atomic E-state index is 11.3. The van der Waals surface area contributed by atoms with Crippen molar-refractivity contribution in [2.24, 2.45) is 0 Å². The van der Waals surface area contributed by atoms with E-state index in [0.717, 1.165) is 22.0 Å². The molecule has 0 atom stereocenters. The van der Waals surface area contributed by atoms with Gasteiger partial charge in [0.15, 0.2) is 0 Å². The summed E-state index contributed by atoms with van der Waals surface area (Å²) in [5.74, 6) is -0.216. The highest BCUT2D eigenvalue weighted by Crippen LogP contribution is 2.22. The van der Waals surface area contributed by atoms with Crippen LogP contribution in [-0.2, 0) is 21.3 Å². The molecule has 0 aliphatic carbocycles. The van der Waals surface area contributed by atoms with Crippen molar-refractivity contribution in [3.8, 4) is 11.1 Å². The first-order valence-electron chi connectivity index (χ1n) is 6.04. The molecule has 0 saturated carbocycles. The van der Waals surface area contributed by atoms with Crippen molar-refractivity contribution in [2.75, 3.05) is 7.11 Å². The van der Waals surface area contributed by atoms with Gasteiger partial charge in [-0.1, -0.05) is 64.5 Å². The number of rotatable bonds is 4. The largest absolute Gasteiger partial charge is 0.469 e. The molecule has 0 N–H and O–H groups in total. The number of carbonyl (C=O) groups excluding carboxylic acids is 1. The Bertz CT molecular complexity index is 561. The molecule has 2 aromatic carbocycles. The fraction of sp³-hybridized carbons (Fsp3) is 0.188. The quantitative estimate of drug-likeness (QED) is 0.630. The number of ether oxygens (including phenoxy) is 1. The van der Waals surface area contributed by atoms with Crippen LogP contribution < -0.4 is 0 Å². The Labute approximate surface area is 121 Å². The van der Waals surface area contributed by atoms with E-state index in [4.69, 9.17) is 0 Å². The lowest BCUT2D eigenvalue weighted by Crippen LogP contribution is -2.04. The van der Waals surface area contributed by atoms with Gasteiger partial charge in [-0.05, 0) is 22.3 Å². The minimum atomic E-state index is -0.216. The molecule has 0 spiro atoms. The molecule has 0 saturated heterocycles. The molecule has 3 heteroatoms. The number of hydrogen-bond acceptors (Lipinski definition) is 2. The first-order chi connectivity index (χ1) is 9.22. The van der Waals surface area contributed by atoms with Crippen LogP contribution >= 0.6 is 15.9 Å². The van der Waals surface area contributed by atoms with Crippen molar-refractivity contribution >= 4 is 21.9 Å². The number of methoxy groups -OCH3 is 1. The molecule has 2 nitrogen and oxygen atoms in total. The maximum atomic E-state index is 11.3. The Balaban J connectivity index is 2.24. The Hall–Kier alpha value is -1.61. The second-order valence-electron chi connectivity index (χ2n) is 4.28. The normalized spacial score (nSPS) is 10.2. The number of benzene rings is 2. The highest BCUT2D eigenvalue weighted by atomic mass is 79.9. The highest BCUT2D eigenvalue weighted by molar-refractivity contribution is 9.08. The number of carbonyl (C=O) groups is 1. The zero-order valence-electron chi connectivity index (χ0n) is 10.7. The van der Waals surface area contributed by atoms with E-state index in [-0.39, 0.29) is 5.97 Å². The minimum absolute atomic E-state index is 0.216. The summed E-state index contributed by atoms with van der Waals surface area (Å²) in [5.41, 5.74) is 4.47. The zero-order chi connectivity index (χ0) is 13.7. The van der Waals surface area contributed by atoms with Gasteiger partial charge in [0.05, 0.1) is 13.5 Å². The van der Waals surface area contributed by atoms with Gasteiger partial charge in [-0.25, -0.2) is 0 Å². The van der Waals surface area contributed by atoms with Gasteiger partial charge in [0.2, 0.25) is 0 Å². The summed E-state index contributed by atoms with van der Waals surface area (Å²) in [4.78, 5) is 11.3. The monoisotopic (exact) mass is 318 g/mol. The van der Waals surface area contributed by atoms with Crippen molar-refractivity contribution in [1.29, 1.82) is 0 Å². The molecule has 0 aromatic heterocycles. The second-order valence-corrected chi connectivity index (χ2v) is 4.84. The third-order valence-corrected chi connectivity index (χ3v) is 3.59. The third-order valence-electron chi connectivity index (χ3n) is 2.94. The topological polar surface area (TPSA) is 26.3 Å². The van der Waals surface area contributed by atoms with Crippen molar-refractivity contribution in [2.45, 2.75) is 11.8 Å². The molecule has 0 unspecified atom stereocenters. The molecule has 0 aliphatic heterocycles. The molecule has 98 valence electrons. The number of alkyl halides is 1. The minimum Gasteiger partial charge on any atom is -0.469 e. The molecule has 0 fully saturated rings. The van der Waals surface area contributed by atoms with E-state index < -0.39 is 0 Å². The van der Waals surface area contributed by atoms with Gasteiger partial charge in [-0.3, -0.25) is 4.79 Å². The van der Waals surface area contributed by atoms with Gasteiger partial charge < -0.3 is 4.74 Å². The lowest BCUT2D eigenvalue weighted by atomic mass is 10.0. The van der Waals surface area contributed by atoms with Crippen LogP contribution in [0.4, 0.5) is 0 Å². The average molecular weight is 319 g/mol.